The minimum Gasteiger partial charge on any atom is -0.454 e. The summed E-state index contributed by atoms with van der Waals surface area (Å²) in [5.74, 6) is 0.748. The average Bonchev–Trinajstić information content (AvgIpc) is 3.26. The molecular formula is C25H31FN2O4. The third-order valence-electron chi connectivity index (χ3n) is 5.72. The fourth-order valence-electron chi connectivity index (χ4n) is 3.64. The zero-order chi connectivity index (χ0) is 23.1. The molecule has 0 spiro atoms. The van der Waals surface area contributed by atoms with Gasteiger partial charge in [-0.1, -0.05) is 32.0 Å². The van der Waals surface area contributed by atoms with Crippen LogP contribution in [0, 0.1) is 5.82 Å². The molecule has 0 saturated heterocycles. The minimum absolute atomic E-state index is 0.0213. The van der Waals surface area contributed by atoms with Gasteiger partial charge in [0.25, 0.3) is 0 Å². The molecule has 7 heteroatoms. The third-order valence-corrected chi connectivity index (χ3v) is 5.72. The highest BCUT2D eigenvalue weighted by atomic mass is 19.1. The predicted molar refractivity (Wildman–Crippen MR) is 120 cm³/mol. The van der Waals surface area contributed by atoms with Crippen molar-refractivity contribution in [1.29, 1.82) is 0 Å². The lowest BCUT2D eigenvalue weighted by Crippen LogP contribution is -2.50. The van der Waals surface area contributed by atoms with Crippen LogP contribution in [0.3, 0.4) is 0 Å². The van der Waals surface area contributed by atoms with Crippen LogP contribution in [0.1, 0.15) is 51.2 Å². The number of carbonyl (C=O) groups excluding carboxylic acids is 2. The zero-order valence-electron chi connectivity index (χ0n) is 18.9. The summed E-state index contributed by atoms with van der Waals surface area (Å²) in [5, 5.41) is 2.99. The Morgan fingerprint density at radius 1 is 1.03 bits per heavy atom. The number of halogens is 1. The van der Waals surface area contributed by atoms with Crippen LogP contribution >= 0.6 is 0 Å². The van der Waals surface area contributed by atoms with Gasteiger partial charge in [-0.05, 0) is 61.6 Å². The van der Waals surface area contributed by atoms with Crippen molar-refractivity contribution in [1.82, 2.24) is 10.2 Å². The Morgan fingerprint density at radius 2 is 1.72 bits per heavy atom. The van der Waals surface area contributed by atoms with Crippen LogP contribution in [-0.4, -0.2) is 35.6 Å². The molecule has 1 aliphatic heterocycles. The molecule has 3 rings (SSSR count). The van der Waals surface area contributed by atoms with E-state index in [4.69, 9.17) is 9.47 Å². The van der Waals surface area contributed by atoms with Gasteiger partial charge in [-0.25, -0.2) is 4.39 Å². The van der Waals surface area contributed by atoms with E-state index in [1.807, 2.05) is 39.0 Å². The van der Waals surface area contributed by atoms with Crippen molar-refractivity contribution >= 4 is 11.8 Å². The van der Waals surface area contributed by atoms with E-state index in [1.54, 1.807) is 17.0 Å². The number of aryl methyl sites for hydroxylation is 1. The second-order valence-electron chi connectivity index (χ2n) is 8.08. The van der Waals surface area contributed by atoms with Crippen molar-refractivity contribution in [2.75, 3.05) is 6.79 Å². The number of fused-ring (bicyclic) bond motifs is 1. The Kier molecular flexibility index (Phi) is 8.09. The van der Waals surface area contributed by atoms with Gasteiger partial charge in [-0.3, -0.25) is 9.59 Å². The quantitative estimate of drug-likeness (QED) is 0.599. The number of hydrogen-bond donors (Lipinski definition) is 1. The minimum atomic E-state index is -0.599. The molecule has 0 aliphatic carbocycles. The van der Waals surface area contributed by atoms with E-state index < -0.39 is 6.04 Å². The summed E-state index contributed by atoms with van der Waals surface area (Å²) in [6.45, 7) is 6.28. The zero-order valence-corrected chi connectivity index (χ0v) is 18.9. The summed E-state index contributed by atoms with van der Waals surface area (Å²) >= 11 is 0. The standard InChI is InChI=1S/C25H31FN2O4/c1-4-17(3)27-25(30)21(5-2)28(15-19-6-10-20(26)11-7-19)24(29)13-9-18-8-12-22-23(14-18)32-16-31-22/h6-8,10-12,14,17,21H,4-5,9,13,15-16H2,1-3H3,(H,27,30)/t17-,21+/m1/s1. The Bertz CT molecular complexity index is 932. The average molecular weight is 443 g/mol. The van der Waals surface area contributed by atoms with Gasteiger partial charge in [-0.15, -0.1) is 0 Å². The first-order valence-electron chi connectivity index (χ1n) is 11.1. The number of hydrogen-bond acceptors (Lipinski definition) is 4. The number of nitrogens with zero attached hydrogens (tertiary/aromatic N) is 1. The van der Waals surface area contributed by atoms with Gasteiger partial charge < -0.3 is 19.7 Å². The summed E-state index contributed by atoms with van der Waals surface area (Å²) in [5.41, 5.74) is 1.74. The molecule has 1 N–H and O–H groups in total. The van der Waals surface area contributed by atoms with E-state index in [0.717, 1.165) is 17.5 Å². The van der Waals surface area contributed by atoms with E-state index in [2.05, 4.69) is 5.32 Å². The first-order chi connectivity index (χ1) is 15.4. The third kappa shape index (κ3) is 5.99. The number of ether oxygens (including phenoxy) is 2. The molecule has 6 nitrogen and oxygen atoms in total. The van der Waals surface area contributed by atoms with Crippen LogP contribution in [0.2, 0.25) is 0 Å². The van der Waals surface area contributed by atoms with Crippen molar-refractivity contribution in [3.63, 3.8) is 0 Å². The second kappa shape index (κ2) is 11.0. The smallest absolute Gasteiger partial charge is 0.243 e. The Balaban J connectivity index is 1.75. The molecule has 0 aromatic heterocycles. The van der Waals surface area contributed by atoms with Crippen molar-refractivity contribution in [2.24, 2.45) is 0 Å². The molecule has 2 aromatic rings. The van der Waals surface area contributed by atoms with Gasteiger partial charge in [0.15, 0.2) is 11.5 Å². The van der Waals surface area contributed by atoms with Crippen LogP contribution in [-0.2, 0) is 22.6 Å². The Hall–Kier alpha value is -3.09. The molecule has 0 radical (unpaired) electrons. The molecule has 1 heterocycles. The van der Waals surface area contributed by atoms with Crippen LogP contribution < -0.4 is 14.8 Å². The van der Waals surface area contributed by atoms with Crippen LogP contribution in [0.4, 0.5) is 4.39 Å². The van der Waals surface area contributed by atoms with Crippen molar-refractivity contribution in [2.45, 2.75) is 65.1 Å². The van der Waals surface area contributed by atoms with Crippen molar-refractivity contribution < 1.29 is 23.5 Å². The summed E-state index contributed by atoms with van der Waals surface area (Å²) in [4.78, 5) is 27.8. The van der Waals surface area contributed by atoms with Gasteiger partial charge in [0.2, 0.25) is 18.6 Å². The molecule has 0 saturated carbocycles. The number of nitrogens with one attached hydrogen (secondary N) is 1. The van der Waals surface area contributed by atoms with Gasteiger partial charge in [0.05, 0.1) is 0 Å². The summed E-state index contributed by atoms with van der Waals surface area (Å²) < 4.78 is 24.1. The molecule has 172 valence electrons. The molecule has 2 aromatic carbocycles. The maximum Gasteiger partial charge on any atom is 0.243 e. The lowest BCUT2D eigenvalue weighted by atomic mass is 10.1. The summed E-state index contributed by atoms with van der Waals surface area (Å²) in [6, 6.07) is 11.1. The number of carbonyl (C=O) groups is 2. The Labute approximate surface area is 188 Å². The number of rotatable bonds is 10. The van der Waals surface area contributed by atoms with Gasteiger partial charge in [0.1, 0.15) is 11.9 Å². The molecule has 0 fully saturated rings. The molecule has 2 amide bonds. The van der Waals surface area contributed by atoms with E-state index in [-0.39, 0.29) is 43.4 Å². The molecule has 0 bridgehead atoms. The van der Waals surface area contributed by atoms with E-state index in [9.17, 15) is 14.0 Å². The first-order valence-corrected chi connectivity index (χ1v) is 11.1. The summed E-state index contributed by atoms with van der Waals surface area (Å²) in [6.07, 6.45) is 2.05. The van der Waals surface area contributed by atoms with E-state index >= 15 is 0 Å². The molecule has 0 unspecified atom stereocenters. The normalized spacial score (nSPS) is 14.0. The van der Waals surface area contributed by atoms with Crippen molar-refractivity contribution in [3.8, 4) is 11.5 Å². The largest absolute Gasteiger partial charge is 0.454 e. The van der Waals surface area contributed by atoms with Gasteiger partial charge in [0, 0.05) is 19.0 Å². The maximum absolute atomic E-state index is 13.4. The van der Waals surface area contributed by atoms with Crippen LogP contribution in [0.5, 0.6) is 11.5 Å². The lowest BCUT2D eigenvalue weighted by molar-refractivity contribution is -0.141. The maximum atomic E-state index is 13.4. The Morgan fingerprint density at radius 3 is 2.41 bits per heavy atom. The SMILES string of the molecule is CC[C@@H](C)NC(=O)[C@H](CC)N(Cc1ccc(F)cc1)C(=O)CCc1ccc2c(c1)OCO2. The molecule has 2 atom stereocenters. The topological polar surface area (TPSA) is 67.9 Å². The monoisotopic (exact) mass is 442 g/mol. The number of amides is 2. The van der Waals surface area contributed by atoms with Gasteiger partial charge >= 0.3 is 0 Å². The fraction of sp³-hybridized carbons (Fsp3) is 0.440. The van der Waals surface area contributed by atoms with Crippen molar-refractivity contribution in [3.05, 3.63) is 59.4 Å². The highest BCUT2D eigenvalue weighted by Gasteiger charge is 2.29. The van der Waals surface area contributed by atoms with E-state index in [0.29, 0.717) is 24.3 Å². The van der Waals surface area contributed by atoms with Crippen LogP contribution in [0.25, 0.3) is 0 Å². The van der Waals surface area contributed by atoms with Gasteiger partial charge in [-0.2, -0.15) is 0 Å². The predicted octanol–water partition coefficient (Wildman–Crippen LogP) is 4.21. The molecule has 32 heavy (non-hydrogen) atoms. The number of benzene rings is 2. The summed E-state index contributed by atoms with van der Waals surface area (Å²) in [7, 11) is 0. The molecular weight excluding hydrogens is 411 g/mol. The van der Waals surface area contributed by atoms with Crippen LogP contribution in [0.15, 0.2) is 42.5 Å². The highest BCUT2D eigenvalue weighted by Crippen LogP contribution is 2.32. The molecule has 1 aliphatic rings. The lowest BCUT2D eigenvalue weighted by Gasteiger charge is -2.31. The first kappa shape index (κ1) is 23.6. The second-order valence-corrected chi connectivity index (χ2v) is 8.08. The fourth-order valence-corrected chi connectivity index (χ4v) is 3.64. The highest BCUT2D eigenvalue weighted by molar-refractivity contribution is 5.88. The van der Waals surface area contributed by atoms with E-state index in [1.165, 1.54) is 12.1 Å².